The SMILES string of the molecule is COC(=O)C12CCC3(C)C(=CCC4C5(C)CCC(=O)C(C)(C)C5CCC43C)C1CC(C)(C)C(OC(C)=O)C2. The van der Waals surface area contributed by atoms with Crippen LogP contribution in [-0.4, -0.2) is 30.9 Å². The minimum atomic E-state index is -0.653. The van der Waals surface area contributed by atoms with Crippen molar-refractivity contribution in [3.63, 3.8) is 0 Å². The molecule has 0 saturated heterocycles. The summed E-state index contributed by atoms with van der Waals surface area (Å²) in [5.74, 6) is 1.04. The van der Waals surface area contributed by atoms with Crippen LogP contribution in [0.1, 0.15) is 113 Å². The molecule has 0 heterocycles. The second-order valence-electron chi connectivity index (χ2n) is 15.6. The van der Waals surface area contributed by atoms with Gasteiger partial charge >= 0.3 is 11.9 Å². The maximum absolute atomic E-state index is 13.6. The van der Waals surface area contributed by atoms with Crippen LogP contribution in [0.3, 0.4) is 0 Å². The second kappa shape index (κ2) is 8.43. The molecule has 0 bridgehead atoms. The number of ether oxygens (including phenoxy) is 2. The molecule has 212 valence electrons. The predicted octanol–water partition coefficient (Wildman–Crippen LogP) is 7.07. The van der Waals surface area contributed by atoms with Gasteiger partial charge in [0.25, 0.3) is 0 Å². The maximum Gasteiger partial charge on any atom is 0.312 e. The van der Waals surface area contributed by atoms with Crippen molar-refractivity contribution in [3.8, 4) is 0 Å². The normalized spacial score (nSPS) is 46.9. The van der Waals surface area contributed by atoms with Crippen LogP contribution in [0.2, 0.25) is 0 Å². The van der Waals surface area contributed by atoms with E-state index in [1.54, 1.807) is 0 Å². The number of carbonyl (C=O) groups excluding carboxylic acids is 3. The van der Waals surface area contributed by atoms with Gasteiger partial charge in [-0.1, -0.05) is 60.1 Å². The van der Waals surface area contributed by atoms with Crippen molar-refractivity contribution in [2.24, 2.45) is 50.2 Å². The van der Waals surface area contributed by atoms with Gasteiger partial charge in [-0.3, -0.25) is 14.4 Å². The summed E-state index contributed by atoms with van der Waals surface area (Å²) in [6.45, 7) is 17.7. The number of carbonyl (C=O) groups is 3. The first-order valence-corrected chi connectivity index (χ1v) is 15.0. The molecule has 0 aromatic rings. The van der Waals surface area contributed by atoms with Crippen molar-refractivity contribution in [1.29, 1.82) is 0 Å². The Bertz CT molecular complexity index is 1080. The van der Waals surface area contributed by atoms with Crippen molar-refractivity contribution in [2.45, 2.75) is 119 Å². The summed E-state index contributed by atoms with van der Waals surface area (Å²) in [6.07, 6.45) is 10.2. The Labute approximate surface area is 229 Å². The maximum atomic E-state index is 13.6. The van der Waals surface area contributed by atoms with E-state index in [9.17, 15) is 14.4 Å². The number of rotatable bonds is 2. The summed E-state index contributed by atoms with van der Waals surface area (Å²) in [4.78, 5) is 38.6. The fraction of sp³-hybridized carbons (Fsp3) is 0.848. The number of allylic oxidation sites excluding steroid dienone is 2. The van der Waals surface area contributed by atoms with Crippen molar-refractivity contribution in [3.05, 3.63) is 11.6 Å². The van der Waals surface area contributed by atoms with E-state index in [1.165, 1.54) is 19.6 Å². The molecule has 0 radical (unpaired) electrons. The van der Waals surface area contributed by atoms with Crippen LogP contribution >= 0.6 is 0 Å². The average Bonchev–Trinajstić information content (AvgIpc) is 2.82. The predicted molar refractivity (Wildman–Crippen MR) is 147 cm³/mol. The molecular weight excluding hydrogens is 476 g/mol. The molecule has 4 saturated carbocycles. The van der Waals surface area contributed by atoms with Gasteiger partial charge in [-0.25, -0.2) is 0 Å². The molecule has 5 heteroatoms. The van der Waals surface area contributed by atoms with Crippen molar-refractivity contribution >= 4 is 17.7 Å². The molecule has 4 fully saturated rings. The minimum Gasteiger partial charge on any atom is -0.469 e. The quantitative estimate of drug-likeness (QED) is 0.284. The zero-order valence-electron chi connectivity index (χ0n) is 25.3. The summed E-state index contributed by atoms with van der Waals surface area (Å²) in [6, 6.07) is 0. The number of Topliss-reactive ketones (excluding diaryl/α,β-unsaturated/α-hetero) is 1. The second-order valence-corrected chi connectivity index (χ2v) is 15.6. The lowest BCUT2D eigenvalue weighted by Gasteiger charge is -2.70. The largest absolute Gasteiger partial charge is 0.469 e. The lowest BCUT2D eigenvalue weighted by molar-refractivity contribution is -0.200. The van der Waals surface area contributed by atoms with Gasteiger partial charge < -0.3 is 9.47 Å². The molecule has 0 aliphatic heterocycles. The molecule has 8 unspecified atom stereocenters. The average molecular weight is 527 g/mol. The molecule has 0 aromatic carbocycles. The van der Waals surface area contributed by atoms with E-state index in [1.807, 2.05) is 0 Å². The third kappa shape index (κ3) is 3.44. The number of esters is 2. The summed E-state index contributed by atoms with van der Waals surface area (Å²) < 4.78 is 11.3. The molecule has 38 heavy (non-hydrogen) atoms. The molecule has 0 aromatic heterocycles. The fourth-order valence-electron chi connectivity index (χ4n) is 11.0. The van der Waals surface area contributed by atoms with Crippen molar-refractivity contribution in [2.75, 3.05) is 7.11 Å². The van der Waals surface area contributed by atoms with Crippen LogP contribution in [0.15, 0.2) is 11.6 Å². The van der Waals surface area contributed by atoms with Gasteiger partial charge in [-0.15, -0.1) is 0 Å². The zero-order chi connectivity index (χ0) is 28.1. The highest BCUT2D eigenvalue weighted by molar-refractivity contribution is 5.85. The molecular formula is C33H50O5. The molecule has 0 N–H and O–H groups in total. The van der Waals surface area contributed by atoms with E-state index >= 15 is 0 Å². The first-order chi connectivity index (χ1) is 17.5. The number of ketones is 1. The summed E-state index contributed by atoms with van der Waals surface area (Å²) in [7, 11) is 1.50. The van der Waals surface area contributed by atoms with Crippen LogP contribution in [0.4, 0.5) is 0 Å². The van der Waals surface area contributed by atoms with Gasteiger partial charge in [0.2, 0.25) is 0 Å². The third-order valence-corrected chi connectivity index (χ3v) is 13.4. The Morgan fingerprint density at radius 3 is 2.24 bits per heavy atom. The zero-order valence-corrected chi connectivity index (χ0v) is 25.3. The molecule has 0 spiro atoms. The number of hydrogen-bond acceptors (Lipinski definition) is 5. The molecule has 5 aliphatic carbocycles. The number of fused-ring (bicyclic) bond motifs is 7. The van der Waals surface area contributed by atoms with Gasteiger partial charge in [0.05, 0.1) is 12.5 Å². The van der Waals surface area contributed by atoms with Crippen LogP contribution in [0, 0.1) is 50.2 Å². The van der Waals surface area contributed by atoms with E-state index in [0.29, 0.717) is 30.5 Å². The van der Waals surface area contributed by atoms with Gasteiger partial charge in [-0.05, 0) is 78.9 Å². The Hall–Kier alpha value is -1.65. The monoisotopic (exact) mass is 526 g/mol. The van der Waals surface area contributed by atoms with Crippen LogP contribution in [0.25, 0.3) is 0 Å². The molecule has 5 nitrogen and oxygen atoms in total. The van der Waals surface area contributed by atoms with E-state index in [4.69, 9.17) is 9.47 Å². The molecule has 8 atom stereocenters. The highest BCUT2D eigenvalue weighted by Crippen LogP contribution is 2.75. The fourth-order valence-corrected chi connectivity index (χ4v) is 11.0. The van der Waals surface area contributed by atoms with E-state index in [2.05, 4.69) is 54.5 Å². The van der Waals surface area contributed by atoms with Gasteiger partial charge in [0.1, 0.15) is 11.9 Å². The number of methoxy groups -OCH3 is 1. The standard InChI is InChI=1S/C33H50O5/c1-20(34)38-26-19-33(27(36)37-9)17-16-31(7)21(22(33)18-28(26,2)3)10-11-24-30(6)14-13-25(35)29(4,5)23(30)12-15-32(24,31)8/h10,22-24,26H,11-19H2,1-9H3. The van der Waals surface area contributed by atoms with Gasteiger partial charge in [0, 0.05) is 30.6 Å². The summed E-state index contributed by atoms with van der Waals surface area (Å²) in [5, 5.41) is 0. The van der Waals surface area contributed by atoms with E-state index < -0.39 is 5.41 Å². The topological polar surface area (TPSA) is 69.7 Å². The molecule has 5 aliphatic rings. The Morgan fingerprint density at radius 2 is 1.61 bits per heavy atom. The van der Waals surface area contributed by atoms with Crippen molar-refractivity contribution < 1.29 is 23.9 Å². The Morgan fingerprint density at radius 1 is 0.921 bits per heavy atom. The summed E-state index contributed by atoms with van der Waals surface area (Å²) in [5.41, 5.74) is 0.542. The Balaban J connectivity index is 1.59. The molecule has 0 amide bonds. The highest BCUT2D eigenvalue weighted by atomic mass is 16.5. The third-order valence-electron chi connectivity index (χ3n) is 13.4. The van der Waals surface area contributed by atoms with Crippen molar-refractivity contribution in [1.82, 2.24) is 0 Å². The lowest BCUT2D eigenvalue weighted by Crippen LogP contribution is -2.65. The molecule has 5 rings (SSSR count). The smallest absolute Gasteiger partial charge is 0.312 e. The highest BCUT2D eigenvalue weighted by Gasteiger charge is 2.70. The van der Waals surface area contributed by atoms with Gasteiger partial charge in [0.15, 0.2) is 0 Å². The Kier molecular flexibility index (Phi) is 6.19. The van der Waals surface area contributed by atoms with Crippen LogP contribution in [0.5, 0.6) is 0 Å². The van der Waals surface area contributed by atoms with E-state index in [-0.39, 0.29) is 51.0 Å². The first kappa shape index (κ1) is 27.9. The summed E-state index contributed by atoms with van der Waals surface area (Å²) >= 11 is 0. The van der Waals surface area contributed by atoms with E-state index in [0.717, 1.165) is 44.9 Å². The van der Waals surface area contributed by atoms with Crippen LogP contribution in [-0.2, 0) is 23.9 Å². The van der Waals surface area contributed by atoms with Crippen LogP contribution < -0.4 is 0 Å². The number of hydrogen-bond donors (Lipinski definition) is 0. The lowest BCUT2D eigenvalue weighted by atomic mass is 9.33. The first-order valence-electron chi connectivity index (χ1n) is 15.0. The van der Waals surface area contributed by atoms with Gasteiger partial charge in [-0.2, -0.15) is 0 Å². The minimum absolute atomic E-state index is 0.0119.